The van der Waals surface area contributed by atoms with Crippen molar-refractivity contribution in [3.8, 4) is 0 Å². The predicted molar refractivity (Wildman–Crippen MR) is 159 cm³/mol. The Labute approximate surface area is 219 Å². The molecule has 0 N–H and O–H groups in total. The molecule has 0 aliphatic heterocycles. The van der Waals surface area contributed by atoms with E-state index in [0.29, 0.717) is 5.92 Å². The van der Waals surface area contributed by atoms with Crippen LogP contribution in [0.5, 0.6) is 0 Å². The molecular formula is C35H56. The summed E-state index contributed by atoms with van der Waals surface area (Å²) in [5.74, 6) is 0.445. The van der Waals surface area contributed by atoms with E-state index in [-0.39, 0.29) is 27.1 Å². The van der Waals surface area contributed by atoms with Crippen molar-refractivity contribution in [2.45, 2.75) is 150 Å². The van der Waals surface area contributed by atoms with E-state index in [0.717, 1.165) is 6.42 Å². The number of rotatable bonds is 3. The molecule has 0 heterocycles. The molecule has 0 aromatic heterocycles. The summed E-state index contributed by atoms with van der Waals surface area (Å²) >= 11 is 0. The summed E-state index contributed by atoms with van der Waals surface area (Å²) in [6, 6.07) is 12.2. The number of benzene rings is 2. The topological polar surface area (TPSA) is 0 Å². The molecule has 35 heavy (non-hydrogen) atoms. The standard InChI is InChI=1S/C35H56/c1-23(25-18-17-19-26(31(2,3)4)30(25)35(14,15)16)20-24-21-28(33(8,9)10)29(34(11,12)13)22-27(24)32(5,6)7/h17-19,21-23H,20H2,1-16H3. The van der Waals surface area contributed by atoms with Gasteiger partial charge < -0.3 is 0 Å². The normalized spacial score (nSPS) is 14.9. The van der Waals surface area contributed by atoms with Crippen LogP contribution in [0.25, 0.3) is 0 Å². The van der Waals surface area contributed by atoms with Crippen molar-refractivity contribution in [2.75, 3.05) is 0 Å². The summed E-state index contributed by atoms with van der Waals surface area (Å²) in [6.45, 7) is 37.9. The summed E-state index contributed by atoms with van der Waals surface area (Å²) in [5, 5.41) is 0. The molecule has 1 unspecified atom stereocenters. The van der Waals surface area contributed by atoms with Crippen molar-refractivity contribution in [1.29, 1.82) is 0 Å². The van der Waals surface area contributed by atoms with Crippen molar-refractivity contribution in [3.05, 3.63) is 69.3 Å². The monoisotopic (exact) mass is 476 g/mol. The minimum Gasteiger partial charge on any atom is -0.0617 e. The van der Waals surface area contributed by atoms with Crippen LogP contribution < -0.4 is 0 Å². The molecule has 0 saturated heterocycles. The zero-order valence-electron chi connectivity index (χ0n) is 26.2. The first-order valence-electron chi connectivity index (χ1n) is 13.8. The highest BCUT2D eigenvalue weighted by Crippen LogP contribution is 2.43. The molecular weight excluding hydrogens is 420 g/mol. The van der Waals surface area contributed by atoms with Crippen molar-refractivity contribution >= 4 is 0 Å². The molecule has 0 aliphatic carbocycles. The second-order valence-electron chi connectivity index (χ2n) is 16.2. The molecule has 0 bridgehead atoms. The SMILES string of the molecule is CC(Cc1cc(C(C)(C)C)c(C(C)(C)C)cc1C(C)(C)C)c1cccc(C(C)(C)C)c1C(C)(C)C. The fraction of sp³-hybridized carbons (Fsp3) is 0.657. The van der Waals surface area contributed by atoms with Crippen molar-refractivity contribution in [2.24, 2.45) is 0 Å². The summed E-state index contributed by atoms with van der Waals surface area (Å²) in [4.78, 5) is 0. The first-order valence-corrected chi connectivity index (χ1v) is 13.8. The maximum Gasteiger partial charge on any atom is -0.0126 e. The van der Waals surface area contributed by atoms with Gasteiger partial charge in [-0.1, -0.05) is 141 Å². The summed E-state index contributed by atoms with van der Waals surface area (Å²) in [7, 11) is 0. The van der Waals surface area contributed by atoms with Gasteiger partial charge in [-0.2, -0.15) is 0 Å². The van der Waals surface area contributed by atoms with Gasteiger partial charge in [0.25, 0.3) is 0 Å². The van der Waals surface area contributed by atoms with Crippen LogP contribution in [-0.2, 0) is 33.5 Å². The van der Waals surface area contributed by atoms with Gasteiger partial charge in [-0.15, -0.1) is 0 Å². The Bertz CT molecular complexity index is 1030. The molecule has 196 valence electrons. The number of hydrogen-bond donors (Lipinski definition) is 0. The first-order chi connectivity index (χ1) is 15.5. The molecule has 0 amide bonds. The van der Waals surface area contributed by atoms with Crippen LogP contribution in [0.2, 0.25) is 0 Å². The van der Waals surface area contributed by atoms with Gasteiger partial charge in [0.1, 0.15) is 0 Å². The fourth-order valence-electron chi connectivity index (χ4n) is 5.64. The molecule has 0 spiro atoms. The Kier molecular flexibility index (Phi) is 7.96. The average Bonchev–Trinajstić information content (AvgIpc) is 2.63. The van der Waals surface area contributed by atoms with E-state index >= 15 is 0 Å². The van der Waals surface area contributed by atoms with Gasteiger partial charge in [-0.05, 0) is 78.4 Å². The van der Waals surface area contributed by atoms with Crippen LogP contribution in [0.4, 0.5) is 0 Å². The number of hydrogen-bond acceptors (Lipinski definition) is 0. The maximum atomic E-state index is 2.57. The Morgan fingerprint density at radius 3 is 1.34 bits per heavy atom. The Morgan fingerprint density at radius 2 is 0.943 bits per heavy atom. The molecule has 2 rings (SSSR count). The van der Waals surface area contributed by atoms with Crippen LogP contribution in [0.1, 0.15) is 156 Å². The largest absolute Gasteiger partial charge is 0.0617 e. The third-order valence-corrected chi connectivity index (χ3v) is 7.38. The van der Waals surface area contributed by atoms with E-state index in [1.54, 1.807) is 5.56 Å². The second kappa shape index (κ2) is 9.39. The van der Waals surface area contributed by atoms with E-state index in [4.69, 9.17) is 0 Å². The highest BCUT2D eigenvalue weighted by atomic mass is 14.4. The Hall–Kier alpha value is -1.56. The minimum absolute atomic E-state index is 0.103. The minimum atomic E-state index is 0.103. The summed E-state index contributed by atoms with van der Waals surface area (Å²) in [6.07, 6.45) is 1.07. The molecule has 1 atom stereocenters. The quantitative estimate of drug-likeness (QED) is 0.413. The zero-order chi connectivity index (χ0) is 27.4. The van der Waals surface area contributed by atoms with Gasteiger partial charge in [-0.25, -0.2) is 0 Å². The smallest absolute Gasteiger partial charge is 0.0126 e. The fourth-order valence-corrected chi connectivity index (χ4v) is 5.64. The van der Waals surface area contributed by atoms with Gasteiger partial charge in [0.05, 0.1) is 0 Å². The third kappa shape index (κ3) is 6.81. The van der Waals surface area contributed by atoms with E-state index in [9.17, 15) is 0 Å². The maximum absolute atomic E-state index is 2.57. The van der Waals surface area contributed by atoms with E-state index in [1.807, 2.05) is 0 Å². The van der Waals surface area contributed by atoms with Gasteiger partial charge in [0.15, 0.2) is 0 Å². The van der Waals surface area contributed by atoms with Crippen LogP contribution in [0.15, 0.2) is 30.3 Å². The van der Waals surface area contributed by atoms with E-state index in [2.05, 4.69) is 141 Å². The second-order valence-corrected chi connectivity index (χ2v) is 16.2. The lowest BCUT2D eigenvalue weighted by Gasteiger charge is -2.36. The lowest BCUT2D eigenvalue weighted by Crippen LogP contribution is -2.26. The van der Waals surface area contributed by atoms with Crippen molar-refractivity contribution < 1.29 is 0 Å². The van der Waals surface area contributed by atoms with Gasteiger partial charge in [0, 0.05) is 0 Å². The van der Waals surface area contributed by atoms with Crippen molar-refractivity contribution in [3.63, 3.8) is 0 Å². The van der Waals surface area contributed by atoms with Gasteiger partial charge in [-0.3, -0.25) is 0 Å². The molecule has 0 radical (unpaired) electrons. The molecule has 2 aromatic carbocycles. The molecule has 2 aromatic rings. The molecule has 0 saturated carbocycles. The molecule has 0 nitrogen and oxygen atoms in total. The molecule has 0 fully saturated rings. The van der Waals surface area contributed by atoms with Crippen LogP contribution in [0, 0.1) is 0 Å². The van der Waals surface area contributed by atoms with E-state index in [1.165, 1.54) is 33.4 Å². The molecule has 0 aliphatic rings. The van der Waals surface area contributed by atoms with E-state index < -0.39 is 0 Å². The Morgan fingerprint density at radius 1 is 0.514 bits per heavy atom. The lowest BCUT2D eigenvalue weighted by molar-refractivity contribution is 0.513. The van der Waals surface area contributed by atoms with Crippen molar-refractivity contribution in [1.82, 2.24) is 0 Å². The van der Waals surface area contributed by atoms with Crippen LogP contribution >= 0.6 is 0 Å². The predicted octanol–water partition coefficient (Wildman–Crippen LogP) is 10.5. The third-order valence-electron chi connectivity index (χ3n) is 7.38. The summed E-state index contributed by atoms with van der Waals surface area (Å²) in [5.41, 5.74) is 11.1. The van der Waals surface area contributed by atoms with Gasteiger partial charge in [0.2, 0.25) is 0 Å². The summed E-state index contributed by atoms with van der Waals surface area (Å²) < 4.78 is 0. The average molecular weight is 477 g/mol. The van der Waals surface area contributed by atoms with Gasteiger partial charge >= 0.3 is 0 Å². The molecule has 0 heteroatoms. The van der Waals surface area contributed by atoms with Crippen LogP contribution in [0.3, 0.4) is 0 Å². The zero-order valence-corrected chi connectivity index (χ0v) is 26.2. The lowest BCUT2D eigenvalue weighted by atomic mass is 9.69. The first kappa shape index (κ1) is 29.7. The Balaban J connectivity index is 2.79. The highest BCUT2D eigenvalue weighted by Gasteiger charge is 2.32. The highest BCUT2D eigenvalue weighted by molar-refractivity contribution is 5.50. The van der Waals surface area contributed by atoms with Crippen LogP contribution in [-0.4, -0.2) is 0 Å².